The van der Waals surface area contributed by atoms with Gasteiger partial charge in [0.1, 0.15) is 17.1 Å². The first kappa shape index (κ1) is 19.4. The van der Waals surface area contributed by atoms with Crippen molar-refractivity contribution < 1.29 is 23.9 Å². The fourth-order valence-electron chi connectivity index (χ4n) is 3.33. The maximum atomic E-state index is 12.8. The molecule has 1 aliphatic rings. The Morgan fingerprint density at radius 3 is 2.13 bits per heavy atom. The number of amides is 2. The highest BCUT2D eigenvalue weighted by Crippen LogP contribution is 2.27. The van der Waals surface area contributed by atoms with Gasteiger partial charge < -0.3 is 9.47 Å². The van der Waals surface area contributed by atoms with Crippen molar-refractivity contribution in [2.75, 3.05) is 6.61 Å². The van der Waals surface area contributed by atoms with E-state index < -0.39 is 5.97 Å². The van der Waals surface area contributed by atoms with Gasteiger partial charge in [0.15, 0.2) is 0 Å². The molecule has 30 heavy (non-hydrogen) atoms. The maximum absolute atomic E-state index is 12.8. The number of benzene rings is 3. The third-order valence-electron chi connectivity index (χ3n) is 4.74. The van der Waals surface area contributed by atoms with Gasteiger partial charge in [0.25, 0.3) is 11.8 Å². The highest BCUT2D eigenvalue weighted by molar-refractivity contribution is 6.21. The van der Waals surface area contributed by atoms with Crippen LogP contribution in [-0.4, -0.2) is 29.3 Å². The number of rotatable bonds is 6. The van der Waals surface area contributed by atoms with Crippen LogP contribution in [0, 0.1) is 0 Å². The first-order valence-corrected chi connectivity index (χ1v) is 9.56. The van der Waals surface area contributed by atoms with Crippen LogP contribution in [0.25, 0.3) is 0 Å². The molecule has 6 heteroatoms. The summed E-state index contributed by atoms with van der Waals surface area (Å²) in [6.07, 6.45) is 0. The van der Waals surface area contributed by atoms with Gasteiger partial charge >= 0.3 is 5.97 Å². The third-order valence-corrected chi connectivity index (χ3v) is 4.74. The maximum Gasteiger partial charge on any atom is 0.347 e. The van der Waals surface area contributed by atoms with Gasteiger partial charge in [-0.2, -0.15) is 0 Å². The van der Waals surface area contributed by atoms with Crippen molar-refractivity contribution in [3.8, 4) is 11.5 Å². The molecule has 0 atom stereocenters. The zero-order valence-electron chi connectivity index (χ0n) is 16.3. The van der Waals surface area contributed by atoms with E-state index in [0.29, 0.717) is 34.8 Å². The highest BCUT2D eigenvalue weighted by Gasteiger charge is 2.35. The summed E-state index contributed by atoms with van der Waals surface area (Å²) < 4.78 is 11.0. The van der Waals surface area contributed by atoms with Crippen molar-refractivity contribution in [1.82, 2.24) is 4.90 Å². The molecule has 0 radical (unpaired) electrons. The van der Waals surface area contributed by atoms with Crippen LogP contribution in [0.4, 0.5) is 0 Å². The summed E-state index contributed by atoms with van der Waals surface area (Å²) in [4.78, 5) is 39.2. The molecule has 0 aromatic heterocycles. The Hall–Kier alpha value is -3.93. The summed E-state index contributed by atoms with van der Waals surface area (Å²) in [5.74, 6) is -0.482. The number of ether oxygens (including phenoxy) is 2. The van der Waals surface area contributed by atoms with Crippen LogP contribution in [-0.2, 0) is 6.54 Å². The van der Waals surface area contributed by atoms with E-state index in [1.165, 1.54) is 4.90 Å². The van der Waals surface area contributed by atoms with Gasteiger partial charge in [0, 0.05) is 0 Å². The van der Waals surface area contributed by atoms with Crippen LogP contribution in [0.2, 0.25) is 0 Å². The monoisotopic (exact) mass is 401 g/mol. The number of imide groups is 1. The summed E-state index contributed by atoms with van der Waals surface area (Å²) in [6, 6.07) is 20.4. The molecular weight excluding hydrogens is 382 g/mol. The topological polar surface area (TPSA) is 72.9 Å². The van der Waals surface area contributed by atoms with Crippen molar-refractivity contribution in [2.45, 2.75) is 13.5 Å². The zero-order chi connectivity index (χ0) is 21.1. The van der Waals surface area contributed by atoms with Crippen molar-refractivity contribution in [3.05, 3.63) is 95.1 Å². The lowest BCUT2D eigenvalue weighted by atomic mass is 10.1. The van der Waals surface area contributed by atoms with E-state index in [-0.39, 0.29) is 23.9 Å². The van der Waals surface area contributed by atoms with E-state index in [0.717, 1.165) is 0 Å². The van der Waals surface area contributed by atoms with Crippen LogP contribution in [0.15, 0.2) is 72.8 Å². The minimum absolute atomic E-state index is 0.0460. The Labute approximate surface area is 173 Å². The standard InChI is InChI=1S/C24H19NO5/c1-2-29-21-13-12-16(14-20(21)24(28)30-17-8-4-3-5-9-17)15-25-22(26)18-10-6-7-11-19(18)23(25)27/h3-14H,2,15H2,1H3. The molecule has 0 fully saturated rings. The third kappa shape index (κ3) is 3.67. The predicted molar refractivity (Wildman–Crippen MR) is 110 cm³/mol. The van der Waals surface area contributed by atoms with Crippen LogP contribution < -0.4 is 9.47 Å². The number of carbonyl (C=O) groups is 3. The van der Waals surface area contributed by atoms with E-state index in [2.05, 4.69) is 0 Å². The highest BCUT2D eigenvalue weighted by atomic mass is 16.5. The molecule has 4 rings (SSSR count). The van der Waals surface area contributed by atoms with Crippen molar-refractivity contribution in [3.63, 3.8) is 0 Å². The number of hydrogen-bond acceptors (Lipinski definition) is 5. The van der Waals surface area contributed by atoms with Crippen LogP contribution in [0.5, 0.6) is 11.5 Å². The molecule has 0 aliphatic carbocycles. The number of esters is 1. The Morgan fingerprint density at radius 1 is 0.867 bits per heavy atom. The van der Waals surface area contributed by atoms with Gasteiger partial charge in [0.2, 0.25) is 0 Å². The van der Waals surface area contributed by atoms with Gasteiger partial charge in [-0.15, -0.1) is 0 Å². The van der Waals surface area contributed by atoms with Crippen LogP contribution >= 0.6 is 0 Å². The first-order valence-electron chi connectivity index (χ1n) is 9.56. The molecule has 0 N–H and O–H groups in total. The minimum Gasteiger partial charge on any atom is -0.493 e. The fourth-order valence-corrected chi connectivity index (χ4v) is 3.33. The molecule has 1 aliphatic heterocycles. The second-order valence-electron chi connectivity index (χ2n) is 6.71. The Bertz CT molecular complexity index is 1090. The number of nitrogens with zero attached hydrogens (tertiary/aromatic N) is 1. The molecule has 3 aromatic carbocycles. The Kier molecular flexibility index (Phi) is 5.30. The zero-order valence-corrected chi connectivity index (χ0v) is 16.3. The van der Waals surface area contributed by atoms with Crippen LogP contribution in [0.3, 0.4) is 0 Å². The molecule has 0 unspecified atom stereocenters. The molecule has 0 saturated carbocycles. The molecule has 0 bridgehead atoms. The number of hydrogen-bond donors (Lipinski definition) is 0. The van der Waals surface area contributed by atoms with E-state index in [9.17, 15) is 14.4 Å². The smallest absolute Gasteiger partial charge is 0.347 e. The number of para-hydroxylation sites is 1. The quantitative estimate of drug-likeness (QED) is 0.353. The molecule has 150 valence electrons. The SMILES string of the molecule is CCOc1ccc(CN2C(=O)c3ccccc3C2=O)cc1C(=O)Oc1ccccc1. The van der Waals surface area contributed by atoms with Gasteiger partial charge in [-0.05, 0) is 48.9 Å². The van der Waals surface area contributed by atoms with E-state index in [4.69, 9.17) is 9.47 Å². The molecule has 6 nitrogen and oxygen atoms in total. The lowest BCUT2D eigenvalue weighted by Gasteiger charge is -2.16. The number of carbonyl (C=O) groups excluding carboxylic acids is 3. The normalized spacial score (nSPS) is 12.6. The van der Waals surface area contributed by atoms with Gasteiger partial charge in [-0.25, -0.2) is 4.79 Å². The first-order chi connectivity index (χ1) is 14.6. The fraction of sp³-hybridized carbons (Fsp3) is 0.125. The lowest BCUT2D eigenvalue weighted by molar-refractivity contribution is 0.0642. The van der Waals surface area contributed by atoms with Gasteiger partial charge in [-0.3, -0.25) is 14.5 Å². The van der Waals surface area contributed by atoms with Crippen LogP contribution in [0.1, 0.15) is 43.6 Å². The number of fused-ring (bicyclic) bond motifs is 1. The Morgan fingerprint density at radius 2 is 1.50 bits per heavy atom. The second-order valence-corrected chi connectivity index (χ2v) is 6.71. The summed E-state index contributed by atoms with van der Waals surface area (Å²) in [7, 11) is 0. The van der Waals surface area contributed by atoms with Crippen molar-refractivity contribution >= 4 is 17.8 Å². The largest absolute Gasteiger partial charge is 0.493 e. The van der Waals surface area contributed by atoms with Gasteiger partial charge in [0.05, 0.1) is 24.3 Å². The molecular formula is C24H19NO5. The lowest BCUT2D eigenvalue weighted by Crippen LogP contribution is -2.29. The molecule has 0 saturated heterocycles. The van der Waals surface area contributed by atoms with E-state index in [1.54, 1.807) is 66.7 Å². The summed E-state index contributed by atoms with van der Waals surface area (Å²) in [6.45, 7) is 2.24. The Balaban J connectivity index is 1.61. The molecule has 2 amide bonds. The van der Waals surface area contributed by atoms with E-state index >= 15 is 0 Å². The van der Waals surface area contributed by atoms with Crippen molar-refractivity contribution in [1.29, 1.82) is 0 Å². The average Bonchev–Trinajstić information content (AvgIpc) is 3.00. The van der Waals surface area contributed by atoms with Gasteiger partial charge in [-0.1, -0.05) is 36.4 Å². The average molecular weight is 401 g/mol. The summed E-state index contributed by atoms with van der Waals surface area (Å²) >= 11 is 0. The van der Waals surface area contributed by atoms with Crippen molar-refractivity contribution in [2.24, 2.45) is 0 Å². The predicted octanol–water partition coefficient (Wildman–Crippen LogP) is 4.10. The van der Waals surface area contributed by atoms with E-state index in [1.807, 2.05) is 13.0 Å². The summed E-state index contributed by atoms with van der Waals surface area (Å²) in [5.41, 5.74) is 1.62. The molecule has 3 aromatic rings. The summed E-state index contributed by atoms with van der Waals surface area (Å²) in [5, 5.41) is 0. The minimum atomic E-state index is -0.575. The molecule has 1 heterocycles. The second kappa shape index (κ2) is 8.21. The molecule has 0 spiro atoms.